The molecule has 17 heavy (non-hydrogen) atoms. The summed E-state index contributed by atoms with van der Waals surface area (Å²) in [5, 5.41) is 0.775. The number of hydrogen-bond acceptors (Lipinski definition) is 2. The molecule has 0 fully saturated rings. The van der Waals surface area contributed by atoms with Crippen LogP contribution in [0.15, 0.2) is 56.7 Å². The lowest BCUT2D eigenvalue weighted by atomic mass is 10.2. The lowest BCUT2D eigenvalue weighted by Crippen LogP contribution is -1.96. The molecule has 4 heteroatoms. The SMILES string of the molecule is NCc1ccc(Sc2ccccc2Cl)cc1Br. The number of rotatable bonds is 3. The fourth-order valence-corrected chi connectivity index (χ4v) is 3.23. The van der Waals surface area contributed by atoms with Crippen LogP contribution >= 0.6 is 39.3 Å². The fraction of sp³-hybridized carbons (Fsp3) is 0.0769. The fourth-order valence-electron chi connectivity index (χ4n) is 1.41. The second-order valence-corrected chi connectivity index (χ2v) is 5.87. The van der Waals surface area contributed by atoms with E-state index in [2.05, 4.69) is 28.1 Å². The van der Waals surface area contributed by atoms with Crippen LogP contribution in [0.4, 0.5) is 0 Å². The molecular weight excluding hydrogens is 318 g/mol. The van der Waals surface area contributed by atoms with E-state index >= 15 is 0 Å². The quantitative estimate of drug-likeness (QED) is 0.883. The lowest BCUT2D eigenvalue weighted by molar-refractivity contribution is 1.05. The van der Waals surface area contributed by atoms with Crippen molar-refractivity contribution in [1.82, 2.24) is 0 Å². The predicted octanol–water partition coefficient (Wildman–Crippen LogP) is 4.71. The lowest BCUT2D eigenvalue weighted by Gasteiger charge is -2.06. The van der Waals surface area contributed by atoms with E-state index in [0.717, 1.165) is 24.8 Å². The standard InChI is InChI=1S/C13H11BrClNS/c14-11-7-10(6-5-9(11)8-16)17-13-4-2-1-3-12(13)15/h1-7H,8,16H2. The average Bonchev–Trinajstić information content (AvgIpc) is 2.32. The van der Waals surface area contributed by atoms with Crippen LogP contribution in [0.1, 0.15) is 5.56 Å². The molecule has 0 amide bonds. The Morgan fingerprint density at radius 3 is 2.59 bits per heavy atom. The van der Waals surface area contributed by atoms with Crippen molar-refractivity contribution in [2.45, 2.75) is 16.3 Å². The van der Waals surface area contributed by atoms with Crippen LogP contribution in [-0.2, 0) is 6.54 Å². The molecule has 2 aromatic rings. The molecule has 0 aliphatic carbocycles. The summed E-state index contributed by atoms with van der Waals surface area (Å²) in [5.41, 5.74) is 6.72. The maximum absolute atomic E-state index is 6.12. The van der Waals surface area contributed by atoms with Gasteiger partial charge in [0.05, 0.1) is 5.02 Å². The van der Waals surface area contributed by atoms with Crippen molar-refractivity contribution in [3.63, 3.8) is 0 Å². The molecule has 0 aliphatic rings. The van der Waals surface area contributed by atoms with Gasteiger partial charge in [-0.1, -0.05) is 57.5 Å². The zero-order valence-electron chi connectivity index (χ0n) is 8.99. The van der Waals surface area contributed by atoms with Gasteiger partial charge in [0, 0.05) is 20.8 Å². The van der Waals surface area contributed by atoms with Gasteiger partial charge in [-0.05, 0) is 29.8 Å². The Balaban J connectivity index is 2.25. The van der Waals surface area contributed by atoms with Crippen LogP contribution in [0.3, 0.4) is 0 Å². The van der Waals surface area contributed by atoms with Crippen molar-refractivity contribution in [2.24, 2.45) is 5.73 Å². The van der Waals surface area contributed by atoms with Gasteiger partial charge < -0.3 is 5.73 Å². The van der Waals surface area contributed by atoms with E-state index < -0.39 is 0 Å². The molecule has 0 aliphatic heterocycles. The van der Waals surface area contributed by atoms with E-state index in [1.807, 2.05) is 30.3 Å². The van der Waals surface area contributed by atoms with Crippen LogP contribution < -0.4 is 5.73 Å². The second-order valence-electron chi connectivity index (χ2n) is 3.49. The first-order valence-corrected chi connectivity index (χ1v) is 7.10. The maximum atomic E-state index is 6.12. The zero-order chi connectivity index (χ0) is 12.3. The number of benzene rings is 2. The average molecular weight is 329 g/mol. The third kappa shape index (κ3) is 3.26. The van der Waals surface area contributed by atoms with E-state index in [-0.39, 0.29) is 0 Å². The highest BCUT2D eigenvalue weighted by Crippen LogP contribution is 2.34. The van der Waals surface area contributed by atoms with Gasteiger partial charge in [-0.15, -0.1) is 0 Å². The third-order valence-electron chi connectivity index (χ3n) is 2.31. The molecule has 0 spiro atoms. The van der Waals surface area contributed by atoms with Crippen molar-refractivity contribution in [3.8, 4) is 0 Å². The van der Waals surface area contributed by atoms with Gasteiger partial charge in [-0.3, -0.25) is 0 Å². The molecule has 0 radical (unpaired) electrons. The van der Waals surface area contributed by atoms with Gasteiger partial charge in [0.15, 0.2) is 0 Å². The summed E-state index contributed by atoms with van der Waals surface area (Å²) in [6.45, 7) is 0.539. The van der Waals surface area contributed by atoms with E-state index in [4.69, 9.17) is 17.3 Å². The number of nitrogens with two attached hydrogens (primary N) is 1. The number of halogens is 2. The minimum atomic E-state index is 0.539. The van der Waals surface area contributed by atoms with Crippen molar-refractivity contribution < 1.29 is 0 Å². The highest BCUT2D eigenvalue weighted by molar-refractivity contribution is 9.10. The molecule has 2 rings (SSSR count). The first kappa shape index (κ1) is 13.0. The van der Waals surface area contributed by atoms with Crippen LogP contribution in [-0.4, -0.2) is 0 Å². The summed E-state index contributed by atoms with van der Waals surface area (Å²) in [5.74, 6) is 0. The van der Waals surface area contributed by atoms with Crippen LogP contribution in [0.5, 0.6) is 0 Å². The van der Waals surface area contributed by atoms with Crippen LogP contribution in [0.2, 0.25) is 5.02 Å². The predicted molar refractivity (Wildman–Crippen MR) is 77.6 cm³/mol. The highest BCUT2D eigenvalue weighted by Gasteiger charge is 2.04. The largest absolute Gasteiger partial charge is 0.326 e. The highest BCUT2D eigenvalue weighted by atomic mass is 79.9. The van der Waals surface area contributed by atoms with Gasteiger partial charge in [-0.25, -0.2) is 0 Å². The molecule has 0 heterocycles. The summed E-state index contributed by atoms with van der Waals surface area (Å²) in [6.07, 6.45) is 0. The molecule has 0 atom stereocenters. The molecule has 1 nitrogen and oxygen atoms in total. The first-order valence-electron chi connectivity index (χ1n) is 5.11. The van der Waals surface area contributed by atoms with Crippen molar-refractivity contribution in [3.05, 3.63) is 57.5 Å². The van der Waals surface area contributed by atoms with Crippen molar-refractivity contribution in [2.75, 3.05) is 0 Å². The monoisotopic (exact) mass is 327 g/mol. The Morgan fingerprint density at radius 1 is 1.18 bits per heavy atom. The smallest absolute Gasteiger partial charge is 0.0545 e. The minimum Gasteiger partial charge on any atom is -0.326 e. The maximum Gasteiger partial charge on any atom is 0.0545 e. The number of hydrogen-bond donors (Lipinski definition) is 1. The zero-order valence-corrected chi connectivity index (χ0v) is 12.1. The van der Waals surface area contributed by atoms with Crippen LogP contribution in [0.25, 0.3) is 0 Å². The molecule has 0 bridgehead atoms. The van der Waals surface area contributed by atoms with Gasteiger partial charge in [0.2, 0.25) is 0 Å². The Kier molecular flexibility index (Phi) is 4.51. The summed E-state index contributed by atoms with van der Waals surface area (Å²) in [7, 11) is 0. The van der Waals surface area contributed by atoms with E-state index in [1.165, 1.54) is 0 Å². The summed E-state index contributed by atoms with van der Waals surface area (Å²) in [4.78, 5) is 2.20. The molecule has 0 unspecified atom stereocenters. The van der Waals surface area contributed by atoms with Crippen molar-refractivity contribution >= 4 is 39.3 Å². The Hall–Kier alpha value is -0.480. The summed E-state index contributed by atoms with van der Waals surface area (Å²) < 4.78 is 1.04. The Bertz CT molecular complexity index is 531. The molecule has 2 N–H and O–H groups in total. The van der Waals surface area contributed by atoms with Gasteiger partial charge >= 0.3 is 0 Å². The van der Waals surface area contributed by atoms with Crippen LogP contribution in [0, 0.1) is 0 Å². The molecule has 0 saturated heterocycles. The van der Waals surface area contributed by atoms with Gasteiger partial charge in [0.25, 0.3) is 0 Å². The second kappa shape index (κ2) is 5.91. The van der Waals surface area contributed by atoms with E-state index in [0.29, 0.717) is 6.54 Å². The minimum absolute atomic E-state index is 0.539. The van der Waals surface area contributed by atoms with E-state index in [1.54, 1.807) is 11.8 Å². The third-order valence-corrected chi connectivity index (χ3v) is 4.55. The Morgan fingerprint density at radius 2 is 1.94 bits per heavy atom. The molecule has 2 aromatic carbocycles. The molecule has 0 saturated carbocycles. The van der Waals surface area contributed by atoms with Gasteiger partial charge in [-0.2, -0.15) is 0 Å². The summed E-state index contributed by atoms with van der Waals surface area (Å²) in [6, 6.07) is 14.0. The Labute approximate surface area is 118 Å². The van der Waals surface area contributed by atoms with E-state index in [9.17, 15) is 0 Å². The topological polar surface area (TPSA) is 26.0 Å². The molecule has 0 aromatic heterocycles. The van der Waals surface area contributed by atoms with Crippen molar-refractivity contribution in [1.29, 1.82) is 0 Å². The first-order chi connectivity index (χ1) is 8.20. The summed E-state index contributed by atoms with van der Waals surface area (Å²) >= 11 is 11.3. The van der Waals surface area contributed by atoms with Gasteiger partial charge in [0.1, 0.15) is 0 Å². The normalized spacial score (nSPS) is 10.5. The molecular formula is C13H11BrClNS. The molecule has 88 valence electrons.